The monoisotopic (exact) mass is 418 g/mol. The average molecular weight is 419 g/mol. The van der Waals surface area contributed by atoms with Crippen LogP contribution in [0.25, 0.3) is 0 Å². The van der Waals surface area contributed by atoms with Gasteiger partial charge in [0.15, 0.2) is 0 Å². The molecule has 1 aromatic heterocycles. The molecular weight excluding hydrogens is 388 g/mol. The molecule has 1 aromatic carbocycles. The second kappa shape index (κ2) is 9.18. The van der Waals surface area contributed by atoms with E-state index in [-0.39, 0.29) is 36.3 Å². The Morgan fingerprint density at radius 2 is 1.97 bits per heavy atom. The maximum Gasteiger partial charge on any atom is 0.227 e. The minimum absolute atomic E-state index is 0. The fourth-order valence-corrected chi connectivity index (χ4v) is 4.36. The number of nitrogens with one attached hydrogen (secondary N) is 1. The Kier molecular flexibility index (Phi) is 6.85. The number of benzene rings is 1. The lowest BCUT2D eigenvalue weighted by atomic mass is 9.89. The molecular formula is C22H31ClN4O2. The minimum Gasteiger partial charge on any atom is -0.490 e. The van der Waals surface area contributed by atoms with E-state index in [1.165, 1.54) is 11.1 Å². The van der Waals surface area contributed by atoms with Crippen molar-refractivity contribution in [1.82, 2.24) is 20.0 Å². The van der Waals surface area contributed by atoms with Gasteiger partial charge in [-0.05, 0) is 36.6 Å². The maximum absolute atomic E-state index is 13.2. The molecule has 0 aliphatic carbocycles. The second-order valence-electron chi connectivity index (χ2n) is 8.23. The average Bonchev–Trinajstić information content (AvgIpc) is 3.33. The molecule has 7 heteroatoms. The fourth-order valence-electron chi connectivity index (χ4n) is 4.36. The number of aryl methyl sites for hydroxylation is 3. The van der Waals surface area contributed by atoms with E-state index < -0.39 is 0 Å². The van der Waals surface area contributed by atoms with Crippen molar-refractivity contribution in [3.8, 4) is 5.75 Å². The van der Waals surface area contributed by atoms with Crippen molar-refractivity contribution in [1.29, 1.82) is 0 Å². The van der Waals surface area contributed by atoms with Crippen LogP contribution in [0.5, 0.6) is 5.75 Å². The largest absolute Gasteiger partial charge is 0.490 e. The van der Waals surface area contributed by atoms with E-state index in [0.717, 1.165) is 50.3 Å². The first-order valence-corrected chi connectivity index (χ1v) is 10.2. The Labute approximate surface area is 179 Å². The van der Waals surface area contributed by atoms with E-state index in [9.17, 15) is 4.79 Å². The molecule has 2 aliphatic heterocycles. The summed E-state index contributed by atoms with van der Waals surface area (Å²) in [5.41, 5.74) is 3.53. The zero-order chi connectivity index (χ0) is 19.7. The van der Waals surface area contributed by atoms with Gasteiger partial charge in [-0.25, -0.2) is 0 Å². The third kappa shape index (κ3) is 4.75. The van der Waals surface area contributed by atoms with E-state index in [2.05, 4.69) is 42.5 Å². The highest BCUT2D eigenvalue weighted by Crippen LogP contribution is 2.31. The molecule has 0 bridgehead atoms. The molecule has 3 heterocycles. The van der Waals surface area contributed by atoms with Gasteiger partial charge in [0, 0.05) is 58.2 Å². The molecule has 158 valence electrons. The summed E-state index contributed by atoms with van der Waals surface area (Å²) in [5, 5.41) is 7.67. The second-order valence-corrected chi connectivity index (χ2v) is 8.23. The van der Waals surface area contributed by atoms with Crippen molar-refractivity contribution in [3.05, 3.63) is 47.3 Å². The van der Waals surface area contributed by atoms with Gasteiger partial charge in [0.2, 0.25) is 5.91 Å². The number of hydrogen-bond donors (Lipinski definition) is 1. The van der Waals surface area contributed by atoms with Crippen molar-refractivity contribution in [2.75, 3.05) is 26.2 Å². The molecule has 29 heavy (non-hydrogen) atoms. The zero-order valence-corrected chi connectivity index (χ0v) is 18.2. The van der Waals surface area contributed by atoms with Crippen molar-refractivity contribution in [2.45, 2.75) is 38.7 Å². The van der Waals surface area contributed by atoms with E-state index in [4.69, 9.17) is 4.74 Å². The van der Waals surface area contributed by atoms with Crippen LogP contribution in [0.3, 0.4) is 0 Å². The third-order valence-electron chi connectivity index (χ3n) is 6.08. The number of ether oxygens (including phenoxy) is 1. The van der Waals surface area contributed by atoms with Crippen LogP contribution in [0.2, 0.25) is 0 Å². The van der Waals surface area contributed by atoms with Crippen LogP contribution >= 0.6 is 12.4 Å². The molecule has 4 rings (SSSR count). The number of carbonyl (C=O) groups excluding carboxylic acids is 1. The Balaban J connectivity index is 0.00000240. The Hall–Kier alpha value is -2.05. The third-order valence-corrected chi connectivity index (χ3v) is 6.08. The van der Waals surface area contributed by atoms with Crippen molar-refractivity contribution >= 4 is 18.3 Å². The van der Waals surface area contributed by atoms with Crippen LogP contribution in [0.4, 0.5) is 0 Å². The highest BCUT2D eigenvalue weighted by atomic mass is 35.5. The molecule has 1 N–H and O–H groups in total. The predicted octanol–water partition coefficient (Wildman–Crippen LogP) is 2.83. The Morgan fingerprint density at radius 1 is 1.21 bits per heavy atom. The topological polar surface area (TPSA) is 59.4 Å². The molecule has 2 atom stereocenters. The van der Waals surface area contributed by atoms with Gasteiger partial charge in [-0.3, -0.25) is 9.48 Å². The van der Waals surface area contributed by atoms with E-state index in [0.29, 0.717) is 0 Å². The lowest BCUT2D eigenvalue weighted by molar-refractivity contribution is -0.137. The van der Waals surface area contributed by atoms with Crippen molar-refractivity contribution < 1.29 is 9.53 Å². The molecule has 0 spiro atoms. The number of hydrogen-bond acceptors (Lipinski definition) is 4. The van der Waals surface area contributed by atoms with Gasteiger partial charge in [0.1, 0.15) is 11.9 Å². The zero-order valence-electron chi connectivity index (χ0n) is 17.4. The number of nitrogens with zero attached hydrogens (tertiary/aromatic N) is 3. The summed E-state index contributed by atoms with van der Waals surface area (Å²) < 4.78 is 8.06. The van der Waals surface area contributed by atoms with Gasteiger partial charge >= 0.3 is 0 Å². The van der Waals surface area contributed by atoms with Crippen LogP contribution in [0, 0.1) is 19.8 Å². The molecule has 1 amide bonds. The molecule has 0 radical (unpaired) electrons. The van der Waals surface area contributed by atoms with Crippen molar-refractivity contribution in [2.24, 2.45) is 13.0 Å². The highest BCUT2D eigenvalue weighted by molar-refractivity contribution is 5.85. The number of halogens is 1. The molecule has 6 nitrogen and oxygen atoms in total. The lowest BCUT2D eigenvalue weighted by Gasteiger charge is -2.34. The van der Waals surface area contributed by atoms with Crippen LogP contribution in [-0.4, -0.2) is 52.9 Å². The molecule has 0 unspecified atom stereocenters. The first-order valence-electron chi connectivity index (χ1n) is 10.2. The summed E-state index contributed by atoms with van der Waals surface area (Å²) >= 11 is 0. The van der Waals surface area contributed by atoms with E-state index in [1.54, 1.807) is 0 Å². The van der Waals surface area contributed by atoms with Crippen LogP contribution in [0.1, 0.15) is 35.4 Å². The normalized spacial score (nSPS) is 22.4. The Bertz CT molecular complexity index is 845. The van der Waals surface area contributed by atoms with E-state index >= 15 is 0 Å². The first-order chi connectivity index (χ1) is 13.5. The van der Waals surface area contributed by atoms with Gasteiger partial charge < -0.3 is 15.0 Å². The first kappa shape index (κ1) is 21.7. The number of amides is 1. The number of likely N-dealkylation sites (tertiary alicyclic amines) is 1. The van der Waals surface area contributed by atoms with Crippen molar-refractivity contribution in [3.63, 3.8) is 0 Å². The summed E-state index contributed by atoms with van der Waals surface area (Å²) in [4.78, 5) is 15.2. The lowest BCUT2D eigenvalue weighted by Crippen LogP contribution is -2.45. The van der Waals surface area contributed by atoms with Gasteiger partial charge in [0.05, 0.1) is 12.1 Å². The summed E-state index contributed by atoms with van der Waals surface area (Å²) in [6, 6.07) is 6.32. The van der Waals surface area contributed by atoms with Gasteiger partial charge in [-0.2, -0.15) is 5.10 Å². The number of piperidine rings is 1. The molecule has 2 saturated heterocycles. The van der Waals surface area contributed by atoms with Crippen LogP contribution < -0.4 is 10.1 Å². The molecule has 2 aromatic rings. The SMILES string of the molecule is Cc1ccc(C)c(OC2CCN(C(=O)[C@H]3CNC[C@@H]3c3cnn(C)c3)CC2)c1.Cl. The number of carbonyl (C=O) groups is 1. The summed E-state index contributed by atoms with van der Waals surface area (Å²) in [7, 11) is 1.92. The van der Waals surface area contributed by atoms with Gasteiger partial charge in [0.25, 0.3) is 0 Å². The fraction of sp³-hybridized carbons (Fsp3) is 0.545. The van der Waals surface area contributed by atoms with Crippen LogP contribution in [-0.2, 0) is 11.8 Å². The summed E-state index contributed by atoms with van der Waals surface area (Å²) in [6.45, 7) is 7.29. The van der Waals surface area contributed by atoms with Gasteiger partial charge in [-0.1, -0.05) is 12.1 Å². The smallest absolute Gasteiger partial charge is 0.227 e. The van der Waals surface area contributed by atoms with Gasteiger partial charge in [-0.15, -0.1) is 12.4 Å². The summed E-state index contributed by atoms with van der Waals surface area (Å²) in [6.07, 6.45) is 5.87. The predicted molar refractivity (Wildman–Crippen MR) is 116 cm³/mol. The molecule has 0 saturated carbocycles. The molecule has 2 fully saturated rings. The standard InChI is InChI=1S/C22H30N4O2.ClH/c1-15-4-5-16(2)21(10-15)28-18-6-8-26(9-7-18)22(27)20-13-23-12-19(20)17-11-24-25(3)14-17;/h4-5,10-11,14,18-20,23H,6-9,12-13H2,1-3H3;1H/t19-,20+;/m1./s1. The maximum atomic E-state index is 13.2. The molecule has 2 aliphatic rings. The highest BCUT2D eigenvalue weighted by Gasteiger charge is 2.38. The van der Waals surface area contributed by atoms with E-state index in [1.807, 2.05) is 29.0 Å². The minimum atomic E-state index is 0. The quantitative estimate of drug-likeness (QED) is 0.829. The van der Waals surface area contributed by atoms with Crippen LogP contribution in [0.15, 0.2) is 30.6 Å². The summed E-state index contributed by atoms with van der Waals surface area (Å²) in [5.74, 6) is 1.45. The number of rotatable bonds is 4. The number of aromatic nitrogens is 2. The Morgan fingerprint density at radius 3 is 2.66 bits per heavy atom.